The molecule has 2 rings (SSSR count). The molecule has 1 aliphatic rings. The van der Waals surface area contributed by atoms with Crippen molar-refractivity contribution >= 4 is 17.8 Å². The van der Waals surface area contributed by atoms with E-state index >= 15 is 0 Å². The lowest BCUT2D eigenvalue weighted by molar-refractivity contribution is 0.556. The van der Waals surface area contributed by atoms with Gasteiger partial charge in [0.05, 0.1) is 6.26 Å². The van der Waals surface area contributed by atoms with E-state index in [0.29, 0.717) is 0 Å². The van der Waals surface area contributed by atoms with Crippen LogP contribution in [0.25, 0.3) is 6.08 Å². The zero-order valence-electron chi connectivity index (χ0n) is 8.82. The minimum Gasteiger partial charge on any atom is -0.465 e. The Kier molecular flexibility index (Phi) is 4.36. The largest absolute Gasteiger partial charge is 0.465 e. The molecule has 1 aromatic rings. The van der Waals surface area contributed by atoms with Gasteiger partial charge in [-0.2, -0.15) is 11.8 Å². The zero-order chi connectivity index (χ0) is 10.3. The van der Waals surface area contributed by atoms with Crippen molar-refractivity contribution in [3.8, 4) is 0 Å². The fourth-order valence-corrected chi connectivity index (χ4v) is 2.93. The van der Waals surface area contributed by atoms with E-state index in [0.717, 1.165) is 24.1 Å². The van der Waals surface area contributed by atoms with Crippen molar-refractivity contribution in [3.63, 3.8) is 0 Å². The summed E-state index contributed by atoms with van der Waals surface area (Å²) in [6.45, 7) is 2.06. The first-order chi connectivity index (χ1) is 7.45. The quantitative estimate of drug-likeness (QED) is 0.777. The first-order valence-corrected chi connectivity index (χ1v) is 6.52. The maximum absolute atomic E-state index is 5.19. The molecule has 0 spiro atoms. The molecule has 1 N–H and O–H groups in total. The average Bonchev–Trinajstić information content (AvgIpc) is 2.88. The van der Waals surface area contributed by atoms with Crippen molar-refractivity contribution in [1.82, 2.24) is 5.32 Å². The monoisotopic (exact) mass is 223 g/mol. The molecule has 0 saturated carbocycles. The van der Waals surface area contributed by atoms with Gasteiger partial charge in [0, 0.05) is 18.3 Å². The Bertz CT molecular complexity index is 289. The van der Waals surface area contributed by atoms with Gasteiger partial charge in [0.2, 0.25) is 0 Å². The lowest BCUT2D eigenvalue weighted by atomic mass is 10.2. The minimum absolute atomic E-state index is 0.835. The van der Waals surface area contributed by atoms with Crippen LogP contribution in [0.3, 0.4) is 0 Å². The van der Waals surface area contributed by atoms with Gasteiger partial charge in [-0.15, -0.1) is 0 Å². The smallest absolute Gasteiger partial charge is 0.126 e. The predicted octanol–water partition coefficient (Wildman–Crippen LogP) is 2.78. The van der Waals surface area contributed by atoms with Crippen LogP contribution in [0.4, 0.5) is 0 Å². The molecule has 1 saturated heterocycles. The molecule has 0 aliphatic carbocycles. The van der Waals surface area contributed by atoms with Gasteiger partial charge in [0.25, 0.3) is 0 Å². The summed E-state index contributed by atoms with van der Waals surface area (Å²) < 4.78 is 5.19. The highest BCUT2D eigenvalue weighted by Gasteiger charge is 2.13. The summed E-state index contributed by atoms with van der Waals surface area (Å²) in [5.41, 5.74) is 0. The van der Waals surface area contributed by atoms with Gasteiger partial charge in [0.1, 0.15) is 5.76 Å². The van der Waals surface area contributed by atoms with E-state index in [-0.39, 0.29) is 0 Å². The molecular formula is C12H17NOS. The first-order valence-electron chi connectivity index (χ1n) is 5.47. The molecule has 3 heteroatoms. The summed E-state index contributed by atoms with van der Waals surface area (Å²) in [5, 5.41) is 4.28. The molecule has 1 aliphatic heterocycles. The highest BCUT2D eigenvalue weighted by molar-refractivity contribution is 8.00. The summed E-state index contributed by atoms with van der Waals surface area (Å²) in [5.74, 6) is 2.27. The third kappa shape index (κ3) is 3.76. The zero-order valence-corrected chi connectivity index (χ0v) is 9.63. The highest BCUT2D eigenvalue weighted by Crippen LogP contribution is 2.25. The van der Waals surface area contributed by atoms with Gasteiger partial charge in [-0.3, -0.25) is 0 Å². The van der Waals surface area contributed by atoms with Crippen LogP contribution in [0.2, 0.25) is 0 Å². The highest BCUT2D eigenvalue weighted by atomic mass is 32.2. The van der Waals surface area contributed by atoms with Crippen LogP contribution >= 0.6 is 11.8 Å². The molecule has 2 nitrogen and oxygen atoms in total. The number of rotatable bonds is 5. The first kappa shape index (κ1) is 10.8. The van der Waals surface area contributed by atoms with Crippen LogP contribution in [-0.4, -0.2) is 24.1 Å². The minimum atomic E-state index is 0.835. The summed E-state index contributed by atoms with van der Waals surface area (Å²) in [7, 11) is 0. The molecule has 0 radical (unpaired) electrons. The maximum atomic E-state index is 5.19. The Hall–Kier alpha value is -0.670. The summed E-state index contributed by atoms with van der Waals surface area (Å²) in [4.78, 5) is 0. The lowest BCUT2D eigenvalue weighted by Crippen LogP contribution is -2.22. The van der Waals surface area contributed by atoms with Gasteiger partial charge in [-0.25, -0.2) is 0 Å². The molecule has 1 atom stereocenters. The standard InChI is InChI=1S/C12H17NOS/c1(4-11-5-2-8-14-11)7-13-10-12-6-3-9-15-12/h1-2,4-5,8,12-13H,3,6-7,9-10H2/b4-1+. The summed E-state index contributed by atoms with van der Waals surface area (Å²) in [6.07, 6.45) is 8.58. The molecule has 82 valence electrons. The fraction of sp³-hybridized carbons (Fsp3) is 0.500. The molecule has 1 fully saturated rings. The number of thioether (sulfide) groups is 1. The molecule has 1 unspecified atom stereocenters. The SMILES string of the molecule is C(=C\c1ccco1)/CNCC1CCCS1. The third-order valence-corrected chi connectivity index (χ3v) is 3.88. The van der Waals surface area contributed by atoms with E-state index in [2.05, 4.69) is 23.2 Å². The second-order valence-electron chi connectivity index (χ2n) is 3.71. The second kappa shape index (κ2) is 6.03. The Morgan fingerprint density at radius 3 is 3.33 bits per heavy atom. The summed E-state index contributed by atoms with van der Waals surface area (Å²) in [6, 6.07) is 3.87. The van der Waals surface area contributed by atoms with E-state index in [1.807, 2.05) is 18.2 Å². The molecule has 2 heterocycles. The maximum Gasteiger partial charge on any atom is 0.126 e. The van der Waals surface area contributed by atoms with E-state index in [1.54, 1.807) is 6.26 Å². The molecule has 0 amide bonds. The van der Waals surface area contributed by atoms with Crippen LogP contribution in [-0.2, 0) is 0 Å². The van der Waals surface area contributed by atoms with Crippen molar-refractivity contribution in [2.75, 3.05) is 18.8 Å². The van der Waals surface area contributed by atoms with E-state index < -0.39 is 0 Å². The van der Waals surface area contributed by atoms with Gasteiger partial charge in [-0.05, 0) is 36.8 Å². The lowest BCUT2D eigenvalue weighted by Gasteiger charge is -2.07. The average molecular weight is 223 g/mol. The van der Waals surface area contributed by atoms with Crippen LogP contribution in [0, 0.1) is 0 Å². The summed E-state index contributed by atoms with van der Waals surface area (Å²) >= 11 is 2.09. The third-order valence-electron chi connectivity index (χ3n) is 2.48. The number of hydrogen-bond donors (Lipinski definition) is 1. The van der Waals surface area contributed by atoms with E-state index in [1.165, 1.54) is 18.6 Å². The van der Waals surface area contributed by atoms with Crippen LogP contribution < -0.4 is 5.32 Å². The van der Waals surface area contributed by atoms with Crippen molar-refractivity contribution in [3.05, 3.63) is 30.2 Å². The number of hydrogen-bond acceptors (Lipinski definition) is 3. The van der Waals surface area contributed by atoms with Gasteiger partial charge in [0.15, 0.2) is 0 Å². The number of nitrogens with one attached hydrogen (secondary N) is 1. The van der Waals surface area contributed by atoms with E-state index in [4.69, 9.17) is 4.42 Å². The Labute approximate surface area is 95.1 Å². The second-order valence-corrected chi connectivity index (χ2v) is 5.12. The van der Waals surface area contributed by atoms with Gasteiger partial charge in [-0.1, -0.05) is 6.08 Å². The Balaban J connectivity index is 1.58. The predicted molar refractivity (Wildman–Crippen MR) is 66.1 cm³/mol. The Morgan fingerprint density at radius 1 is 1.60 bits per heavy atom. The van der Waals surface area contributed by atoms with Crippen molar-refractivity contribution in [1.29, 1.82) is 0 Å². The van der Waals surface area contributed by atoms with E-state index in [9.17, 15) is 0 Å². The topological polar surface area (TPSA) is 25.2 Å². The van der Waals surface area contributed by atoms with Crippen molar-refractivity contribution in [2.24, 2.45) is 0 Å². The van der Waals surface area contributed by atoms with Crippen molar-refractivity contribution in [2.45, 2.75) is 18.1 Å². The molecule has 0 aromatic carbocycles. The molecule has 15 heavy (non-hydrogen) atoms. The molecular weight excluding hydrogens is 206 g/mol. The van der Waals surface area contributed by atoms with Crippen LogP contribution in [0.15, 0.2) is 28.9 Å². The van der Waals surface area contributed by atoms with Crippen molar-refractivity contribution < 1.29 is 4.42 Å². The Morgan fingerprint density at radius 2 is 2.60 bits per heavy atom. The van der Waals surface area contributed by atoms with Crippen LogP contribution in [0.1, 0.15) is 18.6 Å². The fourth-order valence-electron chi connectivity index (χ4n) is 1.69. The van der Waals surface area contributed by atoms with Gasteiger partial charge < -0.3 is 9.73 Å². The normalized spacial score (nSPS) is 21.5. The van der Waals surface area contributed by atoms with Gasteiger partial charge >= 0.3 is 0 Å². The molecule has 1 aromatic heterocycles. The van der Waals surface area contributed by atoms with Crippen LogP contribution in [0.5, 0.6) is 0 Å². The number of furan rings is 1. The molecule has 0 bridgehead atoms.